The molecule has 1 N–H and O–H groups in total. The Kier molecular flexibility index (Phi) is 8.21. The molecule has 0 aromatic carbocycles. The number of amides is 1. The van der Waals surface area contributed by atoms with Crippen LogP contribution in [0.5, 0.6) is 0 Å². The van der Waals surface area contributed by atoms with Gasteiger partial charge >= 0.3 is 12.2 Å². The Labute approximate surface area is 128 Å². The minimum absolute atomic E-state index is 0.0683. The minimum atomic E-state index is -3.61. The fourth-order valence-electron chi connectivity index (χ4n) is 1.39. The first-order valence-electron chi connectivity index (χ1n) is 6.49. The van der Waals surface area contributed by atoms with Crippen LogP contribution in [0.1, 0.15) is 26.7 Å². The summed E-state index contributed by atoms with van der Waals surface area (Å²) in [4.78, 5) is 37.4. The van der Waals surface area contributed by atoms with Crippen LogP contribution in [0.2, 0.25) is 0 Å². The third-order valence-electron chi connectivity index (χ3n) is 2.78. The second kappa shape index (κ2) is 9.06. The number of ketones is 1. The van der Waals surface area contributed by atoms with Crippen LogP contribution < -0.4 is 5.32 Å². The second-order valence-electron chi connectivity index (χ2n) is 4.53. The lowest BCUT2D eigenvalue weighted by molar-refractivity contribution is -0.147. The summed E-state index contributed by atoms with van der Waals surface area (Å²) < 4.78 is 27.4. The quantitative estimate of drug-likeness (QED) is 0.251. The van der Waals surface area contributed by atoms with Gasteiger partial charge in [-0.1, -0.05) is 0 Å². The van der Waals surface area contributed by atoms with Crippen molar-refractivity contribution in [2.75, 3.05) is 12.9 Å². The van der Waals surface area contributed by atoms with E-state index in [1.807, 2.05) is 0 Å². The van der Waals surface area contributed by atoms with Crippen molar-refractivity contribution in [3.63, 3.8) is 0 Å². The van der Waals surface area contributed by atoms with Gasteiger partial charge in [0.2, 0.25) is 11.7 Å². The van der Waals surface area contributed by atoms with Crippen molar-refractivity contribution in [2.45, 2.75) is 38.0 Å². The lowest BCUT2D eigenvalue weighted by Crippen LogP contribution is -2.47. The summed E-state index contributed by atoms with van der Waals surface area (Å²) in [6, 6.07) is -1.16. The molecule has 0 aliphatic rings. The highest BCUT2D eigenvalue weighted by Gasteiger charge is 2.29. The van der Waals surface area contributed by atoms with Crippen LogP contribution in [0.25, 0.3) is 5.53 Å². The molecule has 0 fully saturated rings. The van der Waals surface area contributed by atoms with Gasteiger partial charge in [0.1, 0.15) is 11.3 Å². The molecule has 0 spiro atoms. The summed E-state index contributed by atoms with van der Waals surface area (Å²) in [5.74, 6) is -2.18. The van der Waals surface area contributed by atoms with Gasteiger partial charge in [-0.15, -0.1) is 0 Å². The maximum Gasteiger partial charge on any atom is 0.328 e. The van der Waals surface area contributed by atoms with E-state index in [2.05, 4.69) is 10.1 Å². The first kappa shape index (κ1) is 19.9. The lowest BCUT2D eigenvalue weighted by atomic mass is 10.1. The van der Waals surface area contributed by atoms with E-state index < -0.39 is 38.8 Å². The molecular weight excluding hydrogens is 314 g/mol. The number of hydrogen-bond donors (Lipinski definition) is 1. The number of ether oxygens (including phenoxy) is 1. The van der Waals surface area contributed by atoms with Crippen LogP contribution in [-0.4, -0.2) is 61.2 Å². The van der Waals surface area contributed by atoms with E-state index >= 15 is 0 Å². The number of carbonyl (C=O) groups is 3. The van der Waals surface area contributed by atoms with Gasteiger partial charge in [-0.2, -0.15) is 4.79 Å². The molecule has 10 heteroatoms. The van der Waals surface area contributed by atoms with E-state index in [1.165, 1.54) is 6.92 Å². The van der Waals surface area contributed by atoms with Crippen LogP contribution in [0, 0.1) is 0 Å². The molecule has 0 unspecified atom stereocenters. The van der Waals surface area contributed by atoms with Crippen molar-refractivity contribution in [1.29, 1.82) is 0 Å². The number of nitrogens with one attached hydrogen (secondary N) is 1. The van der Waals surface area contributed by atoms with Gasteiger partial charge in [0.15, 0.2) is 9.84 Å². The molecule has 0 bridgehead atoms. The molecule has 2 atom stereocenters. The summed E-state index contributed by atoms with van der Waals surface area (Å²) in [7, 11) is -3.61. The molecule has 0 saturated heterocycles. The highest BCUT2D eigenvalue weighted by Crippen LogP contribution is 2.04. The summed E-state index contributed by atoms with van der Waals surface area (Å²) in [5, 5.41) is 0.919. The number of esters is 1. The van der Waals surface area contributed by atoms with E-state index in [-0.39, 0.29) is 19.4 Å². The maximum atomic E-state index is 11.8. The zero-order chi connectivity index (χ0) is 17.3. The van der Waals surface area contributed by atoms with Crippen LogP contribution in [0.15, 0.2) is 0 Å². The third kappa shape index (κ3) is 7.09. The summed E-state index contributed by atoms with van der Waals surface area (Å²) in [5.41, 5.74) is 8.22. The van der Waals surface area contributed by atoms with Gasteiger partial charge in [0, 0.05) is 12.7 Å². The molecule has 0 radical (unpaired) electrons. The van der Waals surface area contributed by atoms with Crippen molar-refractivity contribution < 1.29 is 32.3 Å². The summed E-state index contributed by atoms with van der Waals surface area (Å²) in [6.07, 6.45) is 1.29. The molecule has 0 aliphatic heterocycles. The lowest BCUT2D eigenvalue weighted by Gasteiger charge is -2.18. The number of rotatable bonds is 9. The molecule has 0 aromatic rings. The Morgan fingerprint density at radius 2 is 1.95 bits per heavy atom. The topological polar surface area (TPSA) is 143 Å². The second-order valence-corrected chi connectivity index (χ2v) is 6.90. The van der Waals surface area contributed by atoms with E-state index in [4.69, 9.17) is 10.3 Å². The van der Waals surface area contributed by atoms with Crippen LogP contribution in [-0.2, 0) is 29.0 Å². The number of Topliss-reactive ketones (excluding diaryl/α,β-unsaturated/α-hetero) is 1. The summed E-state index contributed by atoms with van der Waals surface area (Å²) >= 11 is 0. The Bertz CT molecular complexity index is 580. The van der Waals surface area contributed by atoms with Gasteiger partial charge in [0.05, 0.1) is 6.61 Å². The highest BCUT2D eigenvalue weighted by atomic mass is 32.2. The standard InChI is InChI=1S/C12H19N3O6S/c1-4-21-12(18)10(6-5-9(16)7-14-13)15-11(17)8(2)22(3,19)20/h7-8,10H,4-6H2,1-3H3,(H,15,17)/t8-,10-/m0/s1. The van der Waals surface area contributed by atoms with Crippen molar-refractivity contribution in [2.24, 2.45) is 0 Å². The van der Waals surface area contributed by atoms with Crippen molar-refractivity contribution >= 4 is 33.7 Å². The molecule has 1 amide bonds. The Hall–Kier alpha value is -2.06. The fourth-order valence-corrected chi connectivity index (χ4v) is 1.85. The average Bonchev–Trinajstić information content (AvgIpc) is 2.41. The van der Waals surface area contributed by atoms with Gasteiger partial charge in [-0.05, 0) is 20.3 Å². The number of hydrogen-bond acceptors (Lipinski definition) is 6. The van der Waals surface area contributed by atoms with E-state index in [0.29, 0.717) is 6.21 Å². The van der Waals surface area contributed by atoms with E-state index in [1.54, 1.807) is 6.92 Å². The average molecular weight is 333 g/mol. The Morgan fingerprint density at radius 3 is 2.41 bits per heavy atom. The van der Waals surface area contributed by atoms with Crippen LogP contribution in [0.3, 0.4) is 0 Å². The van der Waals surface area contributed by atoms with Crippen molar-refractivity contribution in [3.8, 4) is 0 Å². The largest absolute Gasteiger partial charge is 0.464 e. The van der Waals surface area contributed by atoms with Crippen molar-refractivity contribution in [3.05, 3.63) is 5.53 Å². The maximum absolute atomic E-state index is 11.8. The van der Waals surface area contributed by atoms with Crippen LogP contribution >= 0.6 is 0 Å². The normalized spacial score (nSPS) is 13.4. The van der Waals surface area contributed by atoms with Crippen molar-refractivity contribution in [1.82, 2.24) is 5.32 Å². The Morgan fingerprint density at radius 1 is 1.36 bits per heavy atom. The zero-order valence-electron chi connectivity index (χ0n) is 12.6. The highest BCUT2D eigenvalue weighted by molar-refractivity contribution is 7.92. The molecule has 0 aliphatic carbocycles. The predicted octanol–water partition coefficient (Wildman–Crippen LogP) is -0.883. The summed E-state index contributed by atoms with van der Waals surface area (Å²) in [6.45, 7) is 2.83. The smallest absolute Gasteiger partial charge is 0.328 e. The molecular formula is C12H19N3O6S. The zero-order valence-corrected chi connectivity index (χ0v) is 13.4. The fraction of sp³-hybridized carbons (Fsp3) is 0.667. The number of nitrogens with zero attached hydrogens (tertiary/aromatic N) is 2. The molecule has 0 rings (SSSR count). The van der Waals surface area contributed by atoms with Gasteiger partial charge < -0.3 is 15.6 Å². The minimum Gasteiger partial charge on any atom is -0.464 e. The first-order chi connectivity index (χ1) is 10.1. The monoisotopic (exact) mass is 333 g/mol. The van der Waals surface area contributed by atoms with Gasteiger partial charge in [0.25, 0.3) is 0 Å². The molecule has 124 valence electrons. The molecule has 22 heavy (non-hydrogen) atoms. The molecule has 0 saturated carbocycles. The predicted molar refractivity (Wildman–Crippen MR) is 76.8 cm³/mol. The number of carbonyl (C=O) groups excluding carboxylic acids is 3. The van der Waals surface area contributed by atoms with Gasteiger partial charge in [-0.3, -0.25) is 9.59 Å². The Balaban J connectivity index is 4.94. The molecule has 9 nitrogen and oxygen atoms in total. The first-order valence-corrected chi connectivity index (χ1v) is 8.45. The van der Waals surface area contributed by atoms with E-state index in [0.717, 1.165) is 6.26 Å². The SMILES string of the molecule is CCOC(=O)[C@H](CCC(=O)C=[N+]=[N-])NC(=O)[C@H](C)S(C)(=O)=O. The molecule has 0 aromatic heterocycles. The van der Waals surface area contributed by atoms with Crippen LogP contribution in [0.4, 0.5) is 0 Å². The van der Waals surface area contributed by atoms with Gasteiger partial charge in [-0.25, -0.2) is 13.2 Å². The molecule has 0 heterocycles. The third-order valence-corrected chi connectivity index (χ3v) is 4.28. The number of sulfone groups is 1. The van der Waals surface area contributed by atoms with E-state index in [9.17, 15) is 22.8 Å².